The van der Waals surface area contributed by atoms with Crippen molar-refractivity contribution >= 4 is 17.5 Å². The molecule has 0 bridgehead atoms. The summed E-state index contributed by atoms with van der Waals surface area (Å²) < 4.78 is 5.68. The molecule has 1 atom stereocenters. The standard InChI is InChI=1S/C17H25N3O3/c1-12(18)8-9-19-16(21)3-2-10-23-14-5-6-15-13(11-14)4-7-17(22)20-15/h5-6,11-12H,2-4,7-10,18H2,1H3,(H,19,21)(H,20,22). The Balaban J connectivity index is 1.66. The monoisotopic (exact) mass is 319 g/mol. The molecule has 0 fully saturated rings. The number of hydrogen-bond acceptors (Lipinski definition) is 4. The van der Waals surface area contributed by atoms with Crippen molar-refractivity contribution in [3.05, 3.63) is 23.8 Å². The van der Waals surface area contributed by atoms with Crippen molar-refractivity contribution in [2.45, 2.75) is 45.1 Å². The van der Waals surface area contributed by atoms with E-state index in [1.54, 1.807) is 0 Å². The minimum Gasteiger partial charge on any atom is -0.494 e. The van der Waals surface area contributed by atoms with Crippen molar-refractivity contribution in [2.24, 2.45) is 5.73 Å². The third kappa shape index (κ3) is 5.90. The largest absolute Gasteiger partial charge is 0.494 e. The van der Waals surface area contributed by atoms with E-state index in [-0.39, 0.29) is 17.9 Å². The molecule has 126 valence electrons. The Morgan fingerprint density at radius 1 is 1.43 bits per heavy atom. The predicted octanol–water partition coefficient (Wildman–Crippen LogP) is 1.58. The number of nitrogens with one attached hydrogen (secondary N) is 2. The number of carbonyl (C=O) groups excluding carboxylic acids is 2. The number of hydrogen-bond donors (Lipinski definition) is 3. The molecule has 1 unspecified atom stereocenters. The highest BCUT2D eigenvalue weighted by molar-refractivity contribution is 5.94. The lowest BCUT2D eigenvalue weighted by atomic mass is 10.0. The average Bonchev–Trinajstić information content (AvgIpc) is 2.51. The van der Waals surface area contributed by atoms with Gasteiger partial charge in [-0.1, -0.05) is 0 Å². The van der Waals surface area contributed by atoms with Gasteiger partial charge in [-0.05, 0) is 49.9 Å². The summed E-state index contributed by atoms with van der Waals surface area (Å²) in [5, 5.41) is 5.68. The van der Waals surface area contributed by atoms with E-state index in [1.165, 1.54) is 0 Å². The van der Waals surface area contributed by atoms with Crippen molar-refractivity contribution in [3.63, 3.8) is 0 Å². The molecular formula is C17H25N3O3. The van der Waals surface area contributed by atoms with Gasteiger partial charge in [0, 0.05) is 31.1 Å². The number of anilines is 1. The van der Waals surface area contributed by atoms with E-state index >= 15 is 0 Å². The highest BCUT2D eigenvalue weighted by Crippen LogP contribution is 2.26. The minimum absolute atomic E-state index is 0.0300. The third-order valence-corrected chi connectivity index (χ3v) is 3.71. The minimum atomic E-state index is 0.0300. The van der Waals surface area contributed by atoms with Crippen LogP contribution in [0.3, 0.4) is 0 Å². The second-order valence-electron chi connectivity index (χ2n) is 5.94. The number of nitrogens with two attached hydrogens (primary N) is 1. The zero-order valence-electron chi connectivity index (χ0n) is 13.6. The maximum atomic E-state index is 11.6. The van der Waals surface area contributed by atoms with Crippen LogP contribution in [-0.2, 0) is 16.0 Å². The Morgan fingerprint density at radius 3 is 3.04 bits per heavy atom. The van der Waals surface area contributed by atoms with E-state index in [2.05, 4.69) is 10.6 Å². The van der Waals surface area contributed by atoms with Gasteiger partial charge in [0.05, 0.1) is 6.61 Å². The molecule has 4 N–H and O–H groups in total. The van der Waals surface area contributed by atoms with Crippen LogP contribution in [0, 0.1) is 0 Å². The smallest absolute Gasteiger partial charge is 0.224 e. The van der Waals surface area contributed by atoms with Gasteiger partial charge in [0.2, 0.25) is 11.8 Å². The Bertz CT molecular complexity index is 558. The van der Waals surface area contributed by atoms with Crippen LogP contribution in [0.1, 0.15) is 38.2 Å². The summed E-state index contributed by atoms with van der Waals surface area (Å²) in [5.74, 6) is 0.862. The van der Waals surface area contributed by atoms with Crippen molar-refractivity contribution in [2.75, 3.05) is 18.5 Å². The molecule has 2 rings (SSSR count). The maximum Gasteiger partial charge on any atom is 0.224 e. The molecule has 2 amide bonds. The first kappa shape index (κ1) is 17.3. The van der Waals surface area contributed by atoms with E-state index in [1.807, 2.05) is 25.1 Å². The third-order valence-electron chi connectivity index (χ3n) is 3.71. The second kappa shape index (κ2) is 8.53. The lowest BCUT2D eigenvalue weighted by molar-refractivity contribution is -0.121. The lowest BCUT2D eigenvalue weighted by Gasteiger charge is -2.17. The molecule has 0 aromatic heterocycles. The van der Waals surface area contributed by atoms with E-state index < -0.39 is 0 Å². The molecule has 0 radical (unpaired) electrons. The molecule has 1 aliphatic heterocycles. The molecule has 0 aliphatic carbocycles. The topological polar surface area (TPSA) is 93.4 Å². The fourth-order valence-corrected chi connectivity index (χ4v) is 2.40. The quantitative estimate of drug-likeness (QED) is 0.634. The summed E-state index contributed by atoms with van der Waals surface area (Å²) in [6.07, 6.45) is 3.14. The first-order chi connectivity index (χ1) is 11.0. The number of ether oxygens (including phenoxy) is 1. The van der Waals surface area contributed by atoms with E-state index in [9.17, 15) is 9.59 Å². The summed E-state index contributed by atoms with van der Waals surface area (Å²) in [7, 11) is 0. The van der Waals surface area contributed by atoms with Gasteiger partial charge in [-0.3, -0.25) is 9.59 Å². The summed E-state index contributed by atoms with van der Waals surface area (Å²) >= 11 is 0. The Labute approximate surface area is 136 Å². The molecule has 0 spiro atoms. The van der Waals surface area contributed by atoms with Crippen molar-refractivity contribution in [1.29, 1.82) is 0 Å². The number of fused-ring (bicyclic) bond motifs is 1. The SMILES string of the molecule is CC(N)CCNC(=O)CCCOc1ccc2c(c1)CCC(=O)N2. The van der Waals surface area contributed by atoms with Crippen LogP contribution >= 0.6 is 0 Å². The van der Waals surface area contributed by atoms with Crippen LogP contribution in [0.25, 0.3) is 0 Å². The van der Waals surface area contributed by atoms with Gasteiger partial charge in [-0.2, -0.15) is 0 Å². The van der Waals surface area contributed by atoms with Crippen molar-refractivity contribution < 1.29 is 14.3 Å². The Hall–Kier alpha value is -2.08. The summed E-state index contributed by atoms with van der Waals surface area (Å²) in [4.78, 5) is 22.9. The van der Waals surface area contributed by atoms with Crippen molar-refractivity contribution in [3.8, 4) is 5.75 Å². The molecule has 23 heavy (non-hydrogen) atoms. The predicted molar refractivity (Wildman–Crippen MR) is 89.4 cm³/mol. The first-order valence-electron chi connectivity index (χ1n) is 8.12. The highest BCUT2D eigenvalue weighted by atomic mass is 16.5. The zero-order valence-corrected chi connectivity index (χ0v) is 13.6. The molecule has 6 nitrogen and oxygen atoms in total. The molecule has 0 saturated heterocycles. The highest BCUT2D eigenvalue weighted by Gasteiger charge is 2.14. The van der Waals surface area contributed by atoms with Crippen LogP contribution in [0.15, 0.2) is 18.2 Å². The average molecular weight is 319 g/mol. The van der Waals surface area contributed by atoms with Crippen LogP contribution in [0.2, 0.25) is 0 Å². The Kier molecular flexibility index (Phi) is 6.40. The van der Waals surface area contributed by atoms with Gasteiger partial charge in [0.15, 0.2) is 0 Å². The molecule has 1 aromatic rings. The molecular weight excluding hydrogens is 294 g/mol. The van der Waals surface area contributed by atoms with Gasteiger partial charge in [0.1, 0.15) is 5.75 Å². The van der Waals surface area contributed by atoms with Crippen LogP contribution in [0.5, 0.6) is 5.75 Å². The summed E-state index contributed by atoms with van der Waals surface area (Å²) in [6, 6.07) is 5.76. The van der Waals surface area contributed by atoms with E-state index in [4.69, 9.17) is 10.5 Å². The molecule has 1 heterocycles. The fourth-order valence-electron chi connectivity index (χ4n) is 2.40. The zero-order chi connectivity index (χ0) is 16.7. The maximum absolute atomic E-state index is 11.6. The second-order valence-corrected chi connectivity index (χ2v) is 5.94. The molecule has 6 heteroatoms. The van der Waals surface area contributed by atoms with Crippen LogP contribution in [0.4, 0.5) is 5.69 Å². The fraction of sp³-hybridized carbons (Fsp3) is 0.529. The molecule has 1 aliphatic rings. The van der Waals surface area contributed by atoms with Crippen LogP contribution in [-0.4, -0.2) is 31.0 Å². The van der Waals surface area contributed by atoms with Crippen LogP contribution < -0.4 is 21.1 Å². The van der Waals surface area contributed by atoms with E-state index in [0.29, 0.717) is 32.4 Å². The Morgan fingerprint density at radius 2 is 2.26 bits per heavy atom. The number of amides is 2. The number of benzene rings is 1. The normalized spacial score (nSPS) is 14.6. The summed E-state index contributed by atoms with van der Waals surface area (Å²) in [5.41, 5.74) is 7.58. The first-order valence-corrected chi connectivity index (χ1v) is 8.12. The van der Waals surface area contributed by atoms with E-state index in [0.717, 1.165) is 29.8 Å². The molecule has 0 saturated carbocycles. The molecule has 1 aromatic carbocycles. The number of carbonyl (C=O) groups is 2. The van der Waals surface area contributed by atoms with Gasteiger partial charge in [0.25, 0.3) is 0 Å². The van der Waals surface area contributed by atoms with Gasteiger partial charge in [-0.15, -0.1) is 0 Å². The van der Waals surface area contributed by atoms with Gasteiger partial charge in [-0.25, -0.2) is 0 Å². The number of aryl methyl sites for hydroxylation is 1. The van der Waals surface area contributed by atoms with Gasteiger partial charge >= 0.3 is 0 Å². The van der Waals surface area contributed by atoms with Gasteiger partial charge < -0.3 is 21.1 Å². The lowest BCUT2D eigenvalue weighted by Crippen LogP contribution is -2.28. The summed E-state index contributed by atoms with van der Waals surface area (Å²) in [6.45, 7) is 3.03. The number of rotatable bonds is 8. The van der Waals surface area contributed by atoms with Crippen molar-refractivity contribution in [1.82, 2.24) is 5.32 Å².